The van der Waals surface area contributed by atoms with Crippen LogP contribution < -0.4 is 5.32 Å². The van der Waals surface area contributed by atoms with Crippen molar-refractivity contribution in [1.82, 2.24) is 20.0 Å². The standard InChI is InChI=1S/C19H26ClN5O2/c1-21-19(22-7-9-26-14-15-3-5-17(20)6-4-15)25-8-10-27-18(13-25)16-11-23-24(2)12-16/h3-6,11-12,18H,7-10,13-14H2,1-2H3,(H,21,22). The van der Waals surface area contributed by atoms with Gasteiger partial charge >= 0.3 is 0 Å². The number of hydrogen-bond donors (Lipinski definition) is 1. The van der Waals surface area contributed by atoms with Crippen molar-refractivity contribution < 1.29 is 9.47 Å². The van der Waals surface area contributed by atoms with Crippen molar-refractivity contribution in [1.29, 1.82) is 0 Å². The summed E-state index contributed by atoms with van der Waals surface area (Å²) in [5, 5.41) is 8.33. The number of aromatic nitrogens is 2. The van der Waals surface area contributed by atoms with Crippen molar-refractivity contribution in [2.75, 3.05) is 39.9 Å². The van der Waals surface area contributed by atoms with Crippen LogP contribution in [0.1, 0.15) is 17.2 Å². The maximum Gasteiger partial charge on any atom is 0.193 e. The van der Waals surface area contributed by atoms with Crippen LogP contribution >= 0.6 is 11.6 Å². The second-order valence-corrected chi connectivity index (χ2v) is 6.84. The number of hydrogen-bond acceptors (Lipinski definition) is 4. The number of halogens is 1. The maximum atomic E-state index is 5.89. The Morgan fingerprint density at radius 1 is 1.41 bits per heavy atom. The number of ether oxygens (including phenoxy) is 2. The SMILES string of the molecule is CN=C(NCCOCc1ccc(Cl)cc1)N1CCOC(c2cnn(C)c2)C1. The van der Waals surface area contributed by atoms with Crippen LogP contribution in [0.15, 0.2) is 41.7 Å². The third kappa shape index (κ3) is 5.69. The van der Waals surface area contributed by atoms with E-state index in [-0.39, 0.29) is 6.10 Å². The molecule has 1 saturated heterocycles. The zero-order chi connectivity index (χ0) is 19.1. The Morgan fingerprint density at radius 2 is 2.22 bits per heavy atom. The summed E-state index contributed by atoms with van der Waals surface area (Å²) in [5.74, 6) is 0.863. The topological polar surface area (TPSA) is 63.9 Å². The van der Waals surface area contributed by atoms with Crippen molar-refractivity contribution in [3.05, 3.63) is 52.8 Å². The first kappa shape index (κ1) is 19.7. The number of aryl methyl sites for hydroxylation is 1. The molecule has 2 aromatic rings. The lowest BCUT2D eigenvalue weighted by atomic mass is 10.1. The van der Waals surface area contributed by atoms with Gasteiger partial charge in [0.05, 0.1) is 32.6 Å². The van der Waals surface area contributed by atoms with E-state index in [1.54, 1.807) is 11.7 Å². The van der Waals surface area contributed by atoms with Gasteiger partial charge in [0.25, 0.3) is 0 Å². The summed E-state index contributed by atoms with van der Waals surface area (Å²) in [6.07, 6.45) is 3.86. The monoisotopic (exact) mass is 391 g/mol. The largest absolute Gasteiger partial charge is 0.375 e. The lowest BCUT2D eigenvalue weighted by Crippen LogP contribution is -2.48. The number of nitrogens with one attached hydrogen (secondary N) is 1. The number of guanidine groups is 1. The van der Waals surface area contributed by atoms with Crippen LogP contribution in [0.25, 0.3) is 0 Å². The van der Waals surface area contributed by atoms with Crippen molar-refractivity contribution in [2.24, 2.45) is 12.0 Å². The van der Waals surface area contributed by atoms with E-state index in [2.05, 4.69) is 20.3 Å². The van der Waals surface area contributed by atoms with Gasteiger partial charge in [-0.25, -0.2) is 0 Å². The van der Waals surface area contributed by atoms with Gasteiger partial charge in [0.2, 0.25) is 0 Å². The van der Waals surface area contributed by atoms with Gasteiger partial charge in [-0.1, -0.05) is 23.7 Å². The maximum absolute atomic E-state index is 5.89. The highest BCUT2D eigenvalue weighted by molar-refractivity contribution is 6.30. The van der Waals surface area contributed by atoms with Crippen molar-refractivity contribution in [3.8, 4) is 0 Å². The fourth-order valence-electron chi connectivity index (χ4n) is 2.99. The number of benzene rings is 1. The van der Waals surface area contributed by atoms with Gasteiger partial charge in [0.1, 0.15) is 6.10 Å². The molecule has 0 saturated carbocycles. The second-order valence-electron chi connectivity index (χ2n) is 6.41. The molecule has 1 aliphatic rings. The molecule has 0 bridgehead atoms. The van der Waals surface area contributed by atoms with Crippen molar-refractivity contribution in [3.63, 3.8) is 0 Å². The van der Waals surface area contributed by atoms with E-state index < -0.39 is 0 Å². The van der Waals surface area contributed by atoms with Crippen molar-refractivity contribution >= 4 is 17.6 Å². The van der Waals surface area contributed by atoms with E-state index in [0.717, 1.165) is 35.2 Å². The fourth-order valence-corrected chi connectivity index (χ4v) is 3.11. The summed E-state index contributed by atoms with van der Waals surface area (Å²) in [5.41, 5.74) is 2.19. The zero-order valence-corrected chi connectivity index (χ0v) is 16.5. The third-order valence-electron chi connectivity index (χ3n) is 4.39. The minimum Gasteiger partial charge on any atom is -0.375 e. The summed E-state index contributed by atoms with van der Waals surface area (Å²) >= 11 is 5.89. The average molecular weight is 392 g/mol. The van der Waals surface area contributed by atoms with E-state index in [1.165, 1.54) is 0 Å². The van der Waals surface area contributed by atoms with Gasteiger partial charge in [-0.05, 0) is 17.7 Å². The van der Waals surface area contributed by atoms with Gasteiger partial charge in [0.15, 0.2) is 5.96 Å². The van der Waals surface area contributed by atoms with Crippen LogP contribution in [0.5, 0.6) is 0 Å². The molecule has 8 heteroatoms. The first-order chi connectivity index (χ1) is 13.2. The highest BCUT2D eigenvalue weighted by Crippen LogP contribution is 2.21. The van der Waals surface area contributed by atoms with Crippen LogP contribution in [0.4, 0.5) is 0 Å². The molecule has 27 heavy (non-hydrogen) atoms. The molecule has 7 nitrogen and oxygen atoms in total. The molecule has 3 rings (SSSR count). The molecule has 1 fully saturated rings. The lowest BCUT2D eigenvalue weighted by Gasteiger charge is -2.34. The highest BCUT2D eigenvalue weighted by Gasteiger charge is 2.24. The number of rotatable bonds is 6. The fraction of sp³-hybridized carbons (Fsp3) is 0.474. The molecular formula is C19H26ClN5O2. The molecule has 146 valence electrons. The van der Waals surface area contributed by atoms with E-state index in [1.807, 2.05) is 43.7 Å². The molecular weight excluding hydrogens is 366 g/mol. The Morgan fingerprint density at radius 3 is 2.93 bits per heavy atom. The molecule has 1 unspecified atom stereocenters. The van der Waals surface area contributed by atoms with E-state index in [0.29, 0.717) is 26.4 Å². The number of aliphatic imine (C=N–C) groups is 1. The Bertz CT molecular complexity index is 747. The van der Waals surface area contributed by atoms with Crippen LogP contribution in [0, 0.1) is 0 Å². The molecule has 1 aliphatic heterocycles. The average Bonchev–Trinajstić information content (AvgIpc) is 3.13. The summed E-state index contributed by atoms with van der Waals surface area (Å²) in [6.45, 7) is 4.07. The van der Waals surface area contributed by atoms with Gasteiger partial charge in [-0.2, -0.15) is 5.10 Å². The molecule has 0 spiro atoms. The molecule has 1 aromatic carbocycles. The molecule has 1 atom stereocenters. The lowest BCUT2D eigenvalue weighted by molar-refractivity contribution is -0.00816. The molecule has 0 amide bonds. The predicted octanol–water partition coefficient (Wildman–Crippen LogP) is 2.24. The molecule has 1 N–H and O–H groups in total. The minimum absolute atomic E-state index is 0.00662. The first-order valence-electron chi connectivity index (χ1n) is 9.03. The van der Waals surface area contributed by atoms with Crippen LogP contribution in [-0.2, 0) is 23.1 Å². The Kier molecular flexibility index (Phi) is 7.09. The molecule has 0 aliphatic carbocycles. The number of nitrogens with zero attached hydrogens (tertiary/aromatic N) is 4. The minimum atomic E-state index is 0.00662. The first-order valence-corrected chi connectivity index (χ1v) is 9.41. The van der Waals surface area contributed by atoms with Crippen LogP contribution in [-0.4, -0.2) is 60.5 Å². The van der Waals surface area contributed by atoms with E-state index in [9.17, 15) is 0 Å². The predicted molar refractivity (Wildman–Crippen MR) is 106 cm³/mol. The Labute approximate surface area is 164 Å². The summed E-state index contributed by atoms with van der Waals surface area (Å²) < 4.78 is 13.4. The third-order valence-corrected chi connectivity index (χ3v) is 4.64. The van der Waals surface area contributed by atoms with Gasteiger partial charge in [0, 0.05) is 44.0 Å². The van der Waals surface area contributed by atoms with E-state index in [4.69, 9.17) is 21.1 Å². The summed E-state index contributed by atoms with van der Waals surface area (Å²) in [7, 11) is 3.71. The molecule has 2 heterocycles. The van der Waals surface area contributed by atoms with Gasteiger partial charge < -0.3 is 19.7 Å². The zero-order valence-electron chi connectivity index (χ0n) is 15.8. The van der Waals surface area contributed by atoms with Crippen LogP contribution in [0.2, 0.25) is 5.02 Å². The normalized spacial score (nSPS) is 18.0. The molecule has 1 aromatic heterocycles. The van der Waals surface area contributed by atoms with Crippen molar-refractivity contribution in [2.45, 2.75) is 12.7 Å². The second kappa shape index (κ2) is 9.73. The number of morpholine rings is 1. The van der Waals surface area contributed by atoms with Gasteiger partial charge in [-0.15, -0.1) is 0 Å². The molecule has 0 radical (unpaired) electrons. The Balaban J connectivity index is 1.42. The smallest absolute Gasteiger partial charge is 0.193 e. The van der Waals surface area contributed by atoms with E-state index >= 15 is 0 Å². The quantitative estimate of drug-likeness (QED) is 0.465. The van der Waals surface area contributed by atoms with Gasteiger partial charge in [-0.3, -0.25) is 9.67 Å². The highest BCUT2D eigenvalue weighted by atomic mass is 35.5. The van der Waals surface area contributed by atoms with Crippen LogP contribution in [0.3, 0.4) is 0 Å². The Hall–Kier alpha value is -2.09. The summed E-state index contributed by atoms with van der Waals surface area (Å²) in [6, 6.07) is 7.69. The summed E-state index contributed by atoms with van der Waals surface area (Å²) in [4.78, 5) is 6.60.